The predicted molar refractivity (Wildman–Crippen MR) is 75.2 cm³/mol. The number of nitrogens with zero attached hydrogens (tertiary/aromatic N) is 1. The highest BCUT2D eigenvalue weighted by Gasteiger charge is 2.34. The molecule has 0 spiro atoms. The van der Waals surface area contributed by atoms with Crippen LogP contribution in [-0.4, -0.2) is 54.4 Å². The lowest BCUT2D eigenvalue weighted by Crippen LogP contribution is -2.41. The van der Waals surface area contributed by atoms with Gasteiger partial charge in [0, 0.05) is 25.4 Å². The lowest BCUT2D eigenvalue weighted by Gasteiger charge is -2.28. The molecule has 0 aromatic rings. The smallest absolute Gasteiger partial charge is 0.303 e. The summed E-state index contributed by atoms with van der Waals surface area (Å²) in [6.45, 7) is 2.57. The lowest BCUT2D eigenvalue weighted by molar-refractivity contribution is -0.137. The highest BCUT2D eigenvalue weighted by Crippen LogP contribution is 2.19. The van der Waals surface area contributed by atoms with Crippen molar-refractivity contribution in [1.82, 2.24) is 4.90 Å². The molecule has 1 unspecified atom stereocenters. The van der Waals surface area contributed by atoms with Gasteiger partial charge >= 0.3 is 5.97 Å². The summed E-state index contributed by atoms with van der Waals surface area (Å²) < 4.78 is 23.1. The zero-order chi connectivity index (χ0) is 15.2. The fraction of sp³-hybridized carbons (Fsp3) is 0.846. The van der Waals surface area contributed by atoms with Crippen LogP contribution >= 0.6 is 0 Å². The highest BCUT2D eigenvalue weighted by molar-refractivity contribution is 7.91. The fourth-order valence-electron chi connectivity index (χ4n) is 2.40. The minimum absolute atomic E-state index is 0.0314. The van der Waals surface area contributed by atoms with Crippen molar-refractivity contribution in [3.63, 3.8) is 0 Å². The van der Waals surface area contributed by atoms with Crippen molar-refractivity contribution in [1.29, 1.82) is 0 Å². The van der Waals surface area contributed by atoms with E-state index in [4.69, 9.17) is 5.11 Å². The minimum atomic E-state index is -3.02. The number of carboxylic acids is 1. The zero-order valence-electron chi connectivity index (χ0n) is 11.9. The molecule has 0 aromatic heterocycles. The normalized spacial score (nSPS) is 20.8. The Balaban J connectivity index is 2.59. The van der Waals surface area contributed by atoms with Crippen LogP contribution in [0.15, 0.2) is 0 Å². The third-order valence-electron chi connectivity index (χ3n) is 3.50. The molecular weight excluding hydrogens is 282 g/mol. The van der Waals surface area contributed by atoms with E-state index in [1.54, 1.807) is 4.90 Å². The second kappa shape index (κ2) is 7.61. The molecule has 1 aliphatic heterocycles. The minimum Gasteiger partial charge on any atom is -0.481 e. The number of carbonyl (C=O) groups is 2. The Kier molecular flexibility index (Phi) is 6.45. The van der Waals surface area contributed by atoms with Gasteiger partial charge in [-0.1, -0.05) is 13.3 Å². The van der Waals surface area contributed by atoms with Crippen molar-refractivity contribution in [3.05, 3.63) is 0 Å². The largest absolute Gasteiger partial charge is 0.481 e. The summed E-state index contributed by atoms with van der Waals surface area (Å²) in [5, 5.41) is 8.58. The topological polar surface area (TPSA) is 91.8 Å². The first kappa shape index (κ1) is 16.9. The molecule has 1 aliphatic rings. The van der Waals surface area contributed by atoms with Crippen molar-refractivity contribution in [2.75, 3.05) is 18.1 Å². The first-order valence-electron chi connectivity index (χ1n) is 7.07. The number of rotatable bonds is 8. The molecule has 1 heterocycles. The van der Waals surface area contributed by atoms with Crippen molar-refractivity contribution >= 4 is 21.7 Å². The molecule has 1 atom stereocenters. The fourth-order valence-corrected chi connectivity index (χ4v) is 4.13. The summed E-state index contributed by atoms with van der Waals surface area (Å²) in [7, 11) is -3.02. The van der Waals surface area contributed by atoms with Crippen molar-refractivity contribution < 1.29 is 23.1 Å². The second-order valence-corrected chi connectivity index (χ2v) is 7.47. The summed E-state index contributed by atoms with van der Waals surface area (Å²) in [5.74, 6) is -0.854. The van der Waals surface area contributed by atoms with Crippen LogP contribution in [-0.2, 0) is 19.4 Å². The standard InChI is InChI=1S/C13H23NO5S/c1-2-3-8-14(11-7-9-20(18,19)10-11)12(15)5-4-6-13(16)17/h11H,2-10H2,1H3,(H,16,17). The maximum atomic E-state index is 12.2. The summed E-state index contributed by atoms with van der Waals surface area (Å²) in [4.78, 5) is 24.3. The Labute approximate surface area is 120 Å². The van der Waals surface area contributed by atoms with Gasteiger partial charge in [-0.3, -0.25) is 9.59 Å². The number of hydrogen-bond donors (Lipinski definition) is 1. The quantitative estimate of drug-likeness (QED) is 0.724. The summed E-state index contributed by atoms with van der Waals surface area (Å²) >= 11 is 0. The molecule has 0 aliphatic carbocycles. The van der Waals surface area contributed by atoms with E-state index < -0.39 is 15.8 Å². The predicted octanol–water partition coefficient (Wildman–Crippen LogP) is 1.06. The van der Waals surface area contributed by atoms with E-state index in [2.05, 4.69) is 0 Å². The van der Waals surface area contributed by atoms with Gasteiger partial charge in [0.15, 0.2) is 9.84 Å². The van der Waals surface area contributed by atoms with E-state index >= 15 is 0 Å². The molecular formula is C13H23NO5S. The second-order valence-electron chi connectivity index (χ2n) is 5.24. The van der Waals surface area contributed by atoms with Crippen molar-refractivity contribution in [2.24, 2.45) is 0 Å². The van der Waals surface area contributed by atoms with Gasteiger partial charge in [0.2, 0.25) is 5.91 Å². The monoisotopic (exact) mass is 305 g/mol. The Bertz CT molecular complexity index is 446. The van der Waals surface area contributed by atoms with E-state index in [9.17, 15) is 18.0 Å². The van der Waals surface area contributed by atoms with Gasteiger partial charge in [-0.25, -0.2) is 8.42 Å². The Morgan fingerprint density at radius 2 is 1.95 bits per heavy atom. The number of unbranched alkanes of at least 4 members (excludes halogenated alkanes) is 1. The van der Waals surface area contributed by atoms with Gasteiger partial charge in [-0.15, -0.1) is 0 Å². The van der Waals surface area contributed by atoms with Crippen LogP contribution in [0.4, 0.5) is 0 Å². The zero-order valence-corrected chi connectivity index (χ0v) is 12.7. The Morgan fingerprint density at radius 1 is 1.25 bits per heavy atom. The maximum absolute atomic E-state index is 12.2. The van der Waals surface area contributed by atoms with Gasteiger partial charge in [0.05, 0.1) is 11.5 Å². The number of carboxylic acid groups (broad SMARTS) is 1. The van der Waals surface area contributed by atoms with Gasteiger partial charge in [-0.05, 0) is 19.3 Å². The molecule has 116 valence electrons. The van der Waals surface area contributed by atoms with Crippen LogP contribution < -0.4 is 0 Å². The van der Waals surface area contributed by atoms with E-state index in [-0.39, 0.29) is 36.3 Å². The van der Waals surface area contributed by atoms with Crippen LogP contribution in [0, 0.1) is 0 Å². The Hall–Kier alpha value is -1.11. The summed E-state index contributed by atoms with van der Waals surface area (Å²) in [5.41, 5.74) is 0. The van der Waals surface area contributed by atoms with Crippen molar-refractivity contribution in [2.45, 2.75) is 51.5 Å². The van der Waals surface area contributed by atoms with Gasteiger partial charge in [-0.2, -0.15) is 0 Å². The molecule has 20 heavy (non-hydrogen) atoms. The van der Waals surface area contributed by atoms with E-state index in [0.717, 1.165) is 12.8 Å². The third kappa shape index (κ3) is 5.48. The average molecular weight is 305 g/mol. The molecule has 6 nitrogen and oxygen atoms in total. The van der Waals surface area contributed by atoms with E-state index in [1.807, 2.05) is 6.92 Å². The molecule has 1 fully saturated rings. The molecule has 1 saturated heterocycles. The van der Waals surface area contributed by atoms with E-state index in [1.165, 1.54) is 0 Å². The van der Waals surface area contributed by atoms with Crippen LogP contribution in [0.2, 0.25) is 0 Å². The first-order valence-corrected chi connectivity index (χ1v) is 8.89. The molecule has 1 rings (SSSR count). The molecule has 0 bridgehead atoms. The molecule has 7 heteroatoms. The molecule has 0 saturated carbocycles. The SMILES string of the molecule is CCCCN(C(=O)CCCC(=O)O)C1CCS(=O)(=O)C1. The molecule has 0 aromatic carbocycles. The number of aliphatic carboxylic acids is 1. The number of hydrogen-bond acceptors (Lipinski definition) is 4. The van der Waals surface area contributed by atoms with Crippen molar-refractivity contribution in [3.8, 4) is 0 Å². The van der Waals surface area contributed by atoms with Crippen LogP contribution in [0.1, 0.15) is 45.4 Å². The molecule has 1 amide bonds. The maximum Gasteiger partial charge on any atom is 0.303 e. The molecule has 0 radical (unpaired) electrons. The third-order valence-corrected chi connectivity index (χ3v) is 5.25. The van der Waals surface area contributed by atoms with Gasteiger partial charge < -0.3 is 10.0 Å². The highest BCUT2D eigenvalue weighted by atomic mass is 32.2. The van der Waals surface area contributed by atoms with Crippen LogP contribution in [0.25, 0.3) is 0 Å². The summed E-state index contributed by atoms with van der Waals surface area (Å²) in [6.07, 6.45) is 2.70. The first-order chi connectivity index (χ1) is 9.35. The molecule has 1 N–H and O–H groups in total. The van der Waals surface area contributed by atoms with E-state index in [0.29, 0.717) is 19.4 Å². The lowest BCUT2D eigenvalue weighted by atomic mass is 10.1. The number of sulfone groups is 1. The van der Waals surface area contributed by atoms with Gasteiger partial charge in [0.1, 0.15) is 0 Å². The summed E-state index contributed by atoms with van der Waals surface area (Å²) in [6, 6.07) is -0.233. The Morgan fingerprint density at radius 3 is 2.45 bits per heavy atom. The average Bonchev–Trinajstić information content (AvgIpc) is 2.69. The van der Waals surface area contributed by atoms with Crippen LogP contribution in [0.3, 0.4) is 0 Å². The van der Waals surface area contributed by atoms with Crippen LogP contribution in [0.5, 0.6) is 0 Å². The number of amides is 1. The van der Waals surface area contributed by atoms with Gasteiger partial charge in [0.25, 0.3) is 0 Å². The number of carbonyl (C=O) groups excluding carboxylic acids is 1.